The van der Waals surface area contributed by atoms with Crippen molar-refractivity contribution in [3.63, 3.8) is 0 Å². The standard InChI is InChI=1S/C8H4F5O/c9-7(10,8(11,12)13)5-3-1-2-4-6(5)14/h1-4H. The number of rotatable bonds is 1. The second kappa shape index (κ2) is 3.11. The van der Waals surface area contributed by atoms with E-state index in [0.29, 0.717) is 12.1 Å². The summed E-state index contributed by atoms with van der Waals surface area (Å²) in [5.74, 6) is -6.42. The zero-order chi connectivity index (χ0) is 11.0. The molecule has 77 valence electrons. The van der Waals surface area contributed by atoms with Gasteiger partial charge < -0.3 is 0 Å². The number of benzene rings is 1. The third kappa shape index (κ3) is 1.64. The molecule has 0 spiro atoms. The Labute approximate surface area is 75.8 Å². The Balaban J connectivity index is 3.23. The first-order valence-corrected chi connectivity index (χ1v) is 3.48. The van der Waals surface area contributed by atoms with Crippen molar-refractivity contribution >= 4 is 0 Å². The monoisotopic (exact) mass is 211 g/mol. The molecule has 0 atom stereocenters. The van der Waals surface area contributed by atoms with Gasteiger partial charge in [0.25, 0.3) is 0 Å². The van der Waals surface area contributed by atoms with Gasteiger partial charge in [-0.25, -0.2) is 0 Å². The van der Waals surface area contributed by atoms with Crippen LogP contribution in [0.3, 0.4) is 0 Å². The van der Waals surface area contributed by atoms with Crippen molar-refractivity contribution in [2.75, 3.05) is 0 Å². The molecule has 1 rings (SSSR count). The maximum atomic E-state index is 12.6. The largest absolute Gasteiger partial charge is 0.458 e. The lowest BCUT2D eigenvalue weighted by molar-refractivity contribution is -0.289. The van der Waals surface area contributed by atoms with Crippen molar-refractivity contribution in [2.45, 2.75) is 12.1 Å². The Kier molecular flexibility index (Phi) is 2.39. The van der Waals surface area contributed by atoms with Gasteiger partial charge in [-0.05, 0) is 12.1 Å². The third-order valence-electron chi connectivity index (χ3n) is 1.58. The average molecular weight is 211 g/mol. The summed E-state index contributed by atoms with van der Waals surface area (Å²) in [5.41, 5.74) is -1.55. The lowest BCUT2D eigenvalue weighted by Gasteiger charge is -2.19. The molecule has 0 N–H and O–H groups in total. The highest BCUT2D eigenvalue weighted by atomic mass is 19.4. The Morgan fingerprint density at radius 2 is 1.43 bits per heavy atom. The second-order valence-corrected chi connectivity index (χ2v) is 2.57. The maximum Gasteiger partial charge on any atom is 0.458 e. The van der Waals surface area contributed by atoms with E-state index in [1.807, 2.05) is 0 Å². The molecule has 1 aromatic rings. The van der Waals surface area contributed by atoms with Crippen LogP contribution in [0.4, 0.5) is 22.0 Å². The molecule has 1 aromatic carbocycles. The molecule has 0 saturated heterocycles. The lowest BCUT2D eigenvalue weighted by atomic mass is 10.1. The highest BCUT2D eigenvalue weighted by molar-refractivity contribution is 5.36. The highest BCUT2D eigenvalue weighted by Crippen LogP contribution is 2.46. The molecule has 0 aliphatic rings. The molecule has 0 aliphatic heterocycles. The number of alkyl halides is 5. The van der Waals surface area contributed by atoms with E-state index >= 15 is 0 Å². The summed E-state index contributed by atoms with van der Waals surface area (Å²) in [7, 11) is 0. The van der Waals surface area contributed by atoms with Gasteiger partial charge in [0.1, 0.15) is 0 Å². The van der Waals surface area contributed by atoms with Gasteiger partial charge in [-0.3, -0.25) is 5.11 Å². The minimum absolute atomic E-state index is 0.468. The second-order valence-electron chi connectivity index (χ2n) is 2.57. The van der Waals surface area contributed by atoms with Crippen molar-refractivity contribution in [3.8, 4) is 5.75 Å². The SMILES string of the molecule is [O]c1ccccc1C(F)(F)C(F)(F)F. The van der Waals surface area contributed by atoms with Crippen LogP contribution in [0, 0.1) is 0 Å². The van der Waals surface area contributed by atoms with Crippen LogP contribution in [0.1, 0.15) is 5.56 Å². The van der Waals surface area contributed by atoms with E-state index in [4.69, 9.17) is 0 Å². The Bertz CT molecular complexity index is 331. The molecule has 0 unspecified atom stereocenters. The average Bonchev–Trinajstić information content (AvgIpc) is 2.02. The first-order chi connectivity index (χ1) is 6.27. The predicted octanol–water partition coefficient (Wildman–Crippen LogP) is 3.48. The Morgan fingerprint density at radius 1 is 0.929 bits per heavy atom. The fraction of sp³-hybridized carbons (Fsp3) is 0.250. The van der Waals surface area contributed by atoms with Gasteiger partial charge in [-0.2, -0.15) is 22.0 Å². The van der Waals surface area contributed by atoms with E-state index in [-0.39, 0.29) is 0 Å². The minimum atomic E-state index is -5.74. The molecule has 0 heterocycles. The number of halogens is 5. The van der Waals surface area contributed by atoms with Gasteiger partial charge >= 0.3 is 12.1 Å². The van der Waals surface area contributed by atoms with Gasteiger partial charge in [0.05, 0.1) is 5.56 Å². The summed E-state index contributed by atoms with van der Waals surface area (Å²) < 4.78 is 60.6. The summed E-state index contributed by atoms with van der Waals surface area (Å²) in [6.07, 6.45) is -5.74. The quantitative estimate of drug-likeness (QED) is 0.633. The Morgan fingerprint density at radius 3 is 1.86 bits per heavy atom. The van der Waals surface area contributed by atoms with Crippen molar-refractivity contribution in [2.24, 2.45) is 0 Å². The summed E-state index contributed by atoms with van der Waals surface area (Å²) >= 11 is 0. The van der Waals surface area contributed by atoms with Crippen LogP contribution in [-0.4, -0.2) is 6.18 Å². The van der Waals surface area contributed by atoms with Crippen LogP contribution in [0.15, 0.2) is 24.3 Å². The van der Waals surface area contributed by atoms with E-state index in [1.165, 1.54) is 0 Å². The first-order valence-electron chi connectivity index (χ1n) is 3.48. The van der Waals surface area contributed by atoms with E-state index in [9.17, 15) is 27.1 Å². The van der Waals surface area contributed by atoms with E-state index in [2.05, 4.69) is 0 Å². The van der Waals surface area contributed by atoms with Crippen molar-refractivity contribution in [1.82, 2.24) is 0 Å². The van der Waals surface area contributed by atoms with E-state index in [1.54, 1.807) is 0 Å². The fourth-order valence-electron chi connectivity index (χ4n) is 0.879. The van der Waals surface area contributed by atoms with Crippen LogP contribution < -0.4 is 0 Å². The zero-order valence-corrected chi connectivity index (χ0v) is 6.61. The molecule has 0 saturated carbocycles. The summed E-state index contributed by atoms with van der Waals surface area (Å²) in [6.45, 7) is 0. The maximum absolute atomic E-state index is 12.6. The van der Waals surface area contributed by atoms with E-state index < -0.39 is 23.4 Å². The number of hydrogen-bond donors (Lipinski definition) is 0. The van der Waals surface area contributed by atoms with Gasteiger partial charge in [0, 0.05) is 0 Å². The molecule has 6 heteroatoms. The van der Waals surface area contributed by atoms with Crippen LogP contribution in [-0.2, 0) is 11.0 Å². The van der Waals surface area contributed by atoms with Gasteiger partial charge in [0.2, 0.25) is 0 Å². The predicted molar refractivity (Wildman–Crippen MR) is 36.5 cm³/mol. The summed E-state index contributed by atoms with van der Waals surface area (Å²) in [5, 5.41) is 10.7. The van der Waals surface area contributed by atoms with E-state index in [0.717, 1.165) is 12.1 Å². The lowest BCUT2D eigenvalue weighted by Crippen LogP contribution is -2.33. The molecule has 14 heavy (non-hydrogen) atoms. The molecule has 0 aromatic heterocycles. The zero-order valence-electron chi connectivity index (χ0n) is 6.61. The molecule has 1 radical (unpaired) electrons. The summed E-state index contributed by atoms with van der Waals surface area (Å²) in [4.78, 5) is 0. The molecule has 1 nitrogen and oxygen atoms in total. The van der Waals surface area contributed by atoms with Crippen LogP contribution >= 0.6 is 0 Å². The van der Waals surface area contributed by atoms with Crippen LogP contribution in [0.25, 0.3) is 0 Å². The molecule has 0 fully saturated rings. The summed E-state index contributed by atoms with van der Waals surface area (Å²) in [6, 6.07) is 3.18. The van der Waals surface area contributed by atoms with Crippen molar-refractivity contribution < 1.29 is 27.1 Å². The molecule has 0 amide bonds. The topological polar surface area (TPSA) is 19.9 Å². The number of para-hydroxylation sites is 1. The van der Waals surface area contributed by atoms with Crippen LogP contribution in [0.5, 0.6) is 5.75 Å². The molecular weight excluding hydrogens is 207 g/mol. The minimum Gasteiger partial charge on any atom is -0.289 e. The third-order valence-corrected chi connectivity index (χ3v) is 1.58. The molecule has 0 aliphatic carbocycles. The number of hydrogen-bond acceptors (Lipinski definition) is 0. The first kappa shape index (κ1) is 10.7. The van der Waals surface area contributed by atoms with Gasteiger partial charge in [0.15, 0.2) is 5.75 Å². The van der Waals surface area contributed by atoms with Gasteiger partial charge in [-0.1, -0.05) is 12.1 Å². The highest BCUT2D eigenvalue weighted by Gasteiger charge is 2.60. The molecular formula is C8H4F5O. The Hall–Kier alpha value is -1.33. The van der Waals surface area contributed by atoms with Crippen molar-refractivity contribution in [3.05, 3.63) is 29.8 Å². The fourth-order valence-corrected chi connectivity index (χ4v) is 0.879. The van der Waals surface area contributed by atoms with Crippen LogP contribution in [0.2, 0.25) is 0 Å². The van der Waals surface area contributed by atoms with Gasteiger partial charge in [-0.15, -0.1) is 0 Å². The van der Waals surface area contributed by atoms with Crippen molar-refractivity contribution in [1.29, 1.82) is 0 Å². The normalized spacial score (nSPS) is 12.9. The smallest absolute Gasteiger partial charge is 0.289 e. The molecule has 0 bridgehead atoms.